The van der Waals surface area contributed by atoms with E-state index in [4.69, 9.17) is 0 Å². The third-order valence-corrected chi connectivity index (χ3v) is 2.55. The van der Waals surface area contributed by atoms with Crippen molar-refractivity contribution in [3.05, 3.63) is 0 Å². The maximum Gasteiger partial charge on any atom is 0.118 e. The first-order valence-electron chi connectivity index (χ1n) is 5.39. The van der Waals surface area contributed by atoms with Crippen LogP contribution >= 0.6 is 0 Å². The van der Waals surface area contributed by atoms with Crippen molar-refractivity contribution in [1.82, 2.24) is 9.91 Å². The maximum absolute atomic E-state index is 4.41. The zero-order chi connectivity index (χ0) is 9.68. The molecule has 0 bridgehead atoms. The molecule has 0 radical (unpaired) electrons. The van der Waals surface area contributed by atoms with E-state index in [1.54, 1.807) is 0 Å². The Labute approximate surface area is 81.4 Å². The molecule has 3 heteroatoms. The van der Waals surface area contributed by atoms with Gasteiger partial charge >= 0.3 is 0 Å². The highest BCUT2D eigenvalue weighted by molar-refractivity contribution is 5.56. The Morgan fingerprint density at radius 3 is 2.62 bits per heavy atom. The standard InChI is InChI=1S/C10H21N3/c1-4-7-8-13-10(5-2)12(6-3)9-11-13/h9-10H,4-8H2,1-3H3. The van der Waals surface area contributed by atoms with Crippen molar-refractivity contribution in [3.63, 3.8) is 0 Å². The van der Waals surface area contributed by atoms with E-state index in [-0.39, 0.29) is 0 Å². The van der Waals surface area contributed by atoms with Crippen molar-refractivity contribution in [2.24, 2.45) is 5.10 Å². The third-order valence-electron chi connectivity index (χ3n) is 2.55. The summed E-state index contributed by atoms with van der Waals surface area (Å²) in [4.78, 5) is 2.30. The van der Waals surface area contributed by atoms with E-state index in [0.29, 0.717) is 6.17 Å². The molecule has 1 unspecified atom stereocenters. The Hall–Kier alpha value is -0.730. The Balaban J connectivity index is 2.42. The third kappa shape index (κ3) is 2.36. The van der Waals surface area contributed by atoms with Crippen LogP contribution in [0.3, 0.4) is 0 Å². The second-order valence-electron chi connectivity index (χ2n) is 3.47. The van der Waals surface area contributed by atoms with Gasteiger partial charge in [-0.05, 0) is 19.8 Å². The predicted molar refractivity (Wildman–Crippen MR) is 56.6 cm³/mol. The number of nitrogens with zero attached hydrogens (tertiary/aromatic N) is 3. The fourth-order valence-corrected chi connectivity index (χ4v) is 1.72. The molecule has 0 aliphatic carbocycles. The Bertz CT molecular complexity index is 168. The first kappa shape index (κ1) is 10.4. The Kier molecular flexibility index (Phi) is 4.06. The summed E-state index contributed by atoms with van der Waals surface area (Å²) in [6.07, 6.45) is 6.12. The number of unbranched alkanes of at least 4 members (excludes halogenated alkanes) is 1. The van der Waals surface area contributed by atoms with Gasteiger partial charge in [-0.1, -0.05) is 20.3 Å². The van der Waals surface area contributed by atoms with Crippen LogP contribution in [0.4, 0.5) is 0 Å². The molecular weight excluding hydrogens is 162 g/mol. The molecule has 0 fully saturated rings. The highest BCUT2D eigenvalue weighted by Gasteiger charge is 2.23. The van der Waals surface area contributed by atoms with E-state index in [0.717, 1.165) is 19.5 Å². The summed E-state index contributed by atoms with van der Waals surface area (Å²) in [6.45, 7) is 8.78. The molecule has 3 nitrogen and oxygen atoms in total. The van der Waals surface area contributed by atoms with Crippen molar-refractivity contribution in [1.29, 1.82) is 0 Å². The lowest BCUT2D eigenvalue weighted by Crippen LogP contribution is -2.39. The fraction of sp³-hybridized carbons (Fsp3) is 0.900. The highest BCUT2D eigenvalue weighted by atomic mass is 15.6. The molecule has 0 aromatic rings. The number of hydrogen-bond acceptors (Lipinski definition) is 3. The Morgan fingerprint density at radius 1 is 1.31 bits per heavy atom. The van der Waals surface area contributed by atoms with E-state index in [1.807, 2.05) is 6.34 Å². The summed E-state index contributed by atoms with van der Waals surface area (Å²) < 4.78 is 0. The summed E-state index contributed by atoms with van der Waals surface area (Å²) in [7, 11) is 0. The first-order valence-corrected chi connectivity index (χ1v) is 5.39. The van der Waals surface area contributed by atoms with Crippen LogP contribution in [-0.4, -0.2) is 35.5 Å². The van der Waals surface area contributed by atoms with Gasteiger partial charge in [-0.15, -0.1) is 0 Å². The van der Waals surface area contributed by atoms with Crippen LogP contribution < -0.4 is 0 Å². The SMILES string of the molecule is CCCCN1N=CN(CC)C1CC. The summed E-state index contributed by atoms with van der Waals surface area (Å²) in [6, 6.07) is 0. The van der Waals surface area contributed by atoms with Crippen molar-refractivity contribution in [3.8, 4) is 0 Å². The van der Waals surface area contributed by atoms with Gasteiger partial charge in [0.2, 0.25) is 0 Å². The molecule has 1 aliphatic rings. The van der Waals surface area contributed by atoms with E-state index in [9.17, 15) is 0 Å². The van der Waals surface area contributed by atoms with E-state index in [2.05, 4.69) is 35.8 Å². The van der Waals surface area contributed by atoms with Crippen LogP contribution in [0.25, 0.3) is 0 Å². The zero-order valence-electron chi connectivity index (χ0n) is 9.03. The topological polar surface area (TPSA) is 18.8 Å². The van der Waals surface area contributed by atoms with Crippen LogP contribution in [0.1, 0.15) is 40.0 Å². The number of hydrazone groups is 1. The molecule has 0 N–H and O–H groups in total. The molecule has 0 saturated heterocycles. The van der Waals surface area contributed by atoms with Crippen molar-refractivity contribution in [2.75, 3.05) is 13.1 Å². The quantitative estimate of drug-likeness (QED) is 0.650. The van der Waals surface area contributed by atoms with Gasteiger partial charge < -0.3 is 4.90 Å². The lowest BCUT2D eigenvalue weighted by molar-refractivity contribution is 0.128. The molecular formula is C10H21N3. The largest absolute Gasteiger partial charge is 0.340 e. The summed E-state index contributed by atoms with van der Waals surface area (Å²) in [5.74, 6) is 0. The molecule has 1 rings (SSSR count). The maximum atomic E-state index is 4.41. The molecule has 0 spiro atoms. The average Bonchev–Trinajstić information content (AvgIpc) is 2.56. The van der Waals surface area contributed by atoms with Crippen molar-refractivity contribution < 1.29 is 0 Å². The van der Waals surface area contributed by atoms with Gasteiger partial charge in [0.15, 0.2) is 0 Å². The van der Waals surface area contributed by atoms with Gasteiger partial charge in [0, 0.05) is 13.1 Å². The highest BCUT2D eigenvalue weighted by Crippen LogP contribution is 2.15. The lowest BCUT2D eigenvalue weighted by atomic mass is 10.3. The molecule has 0 aromatic carbocycles. The van der Waals surface area contributed by atoms with Crippen LogP contribution in [0.15, 0.2) is 5.10 Å². The fourth-order valence-electron chi connectivity index (χ4n) is 1.72. The van der Waals surface area contributed by atoms with Gasteiger partial charge in [-0.3, -0.25) is 5.01 Å². The van der Waals surface area contributed by atoms with Gasteiger partial charge in [0.05, 0.1) is 0 Å². The summed E-state index contributed by atoms with van der Waals surface area (Å²) in [5.41, 5.74) is 0. The van der Waals surface area contributed by atoms with Crippen LogP contribution in [0, 0.1) is 0 Å². The van der Waals surface area contributed by atoms with Crippen LogP contribution in [0.2, 0.25) is 0 Å². The Morgan fingerprint density at radius 2 is 2.08 bits per heavy atom. The minimum Gasteiger partial charge on any atom is -0.340 e. The smallest absolute Gasteiger partial charge is 0.118 e. The molecule has 1 heterocycles. The van der Waals surface area contributed by atoms with Crippen LogP contribution in [-0.2, 0) is 0 Å². The minimum absolute atomic E-state index is 0.511. The molecule has 13 heavy (non-hydrogen) atoms. The van der Waals surface area contributed by atoms with Crippen LogP contribution in [0.5, 0.6) is 0 Å². The molecule has 0 saturated carbocycles. The van der Waals surface area contributed by atoms with E-state index in [1.165, 1.54) is 12.8 Å². The second-order valence-corrected chi connectivity index (χ2v) is 3.47. The van der Waals surface area contributed by atoms with Gasteiger partial charge in [0.1, 0.15) is 12.5 Å². The lowest BCUT2D eigenvalue weighted by Gasteiger charge is -2.28. The molecule has 0 amide bonds. The molecule has 76 valence electrons. The van der Waals surface area contributed by atoms with Gasteiger partial charge in [-0.25, -0.2) is 0 Å². The minimum atomic E-state index is 0.511. The number of rotatable bonds is 5. The predicted octanol–water partition coefficient (Wildman–Crippen LogP) is 2.10. The van der Waals surface area contributed by atoms with Gasteiger partial charge in [-0.2, -0.15) is 5.10 Å². The van der Waals surface area contributed by atoms with Gasteiger partial charge in [0.25, 0.3) is 0 Å². The monoisotopic (exact) mass is 183 g/mol. The molecule has 1 atom stereocenters. The number of hydrogen-bond donors (Lipinski definition) is 0. The summed E-state index contributed by atoms with van der Waals surface area (Å²) in [5, 5.41) is 6.63. The van der Waals surface area contributed by atoms with E-state index >= 15 is 0 Å². The second kappa shape index (κ2) is 5.10. The summed E-state index contributed by atoms with van der Waals surface area (Å²) >= 11 is 0. The van der Waals surface area contributed by atoms with E-state index < -0.39 is 0 Å². The average molecular weight is 183 g/mol. The molecule has 1 aliphatic heterocycles. The molecule has 0 aromatic heterocycles. The van der Waals surface area contributed by atoms with Crippen molar-refractivity contribution in [2.45, 2.75) is 46.2 Å². The normalized spacial score (nSPS) is 21.6. The van der Waals surface area contributed by atoms with Crippen molar-refractivity contribution >= 4 is 6.34 Å². The zero-order valence-corrected chi connectivity index (χ0v) is 9.03. The first-order chi connectivity index (χ1) is 6.33.